The van der Waals surface area contributed by atoms with Crippen LogP contribution in [0.25, 0.3) is 11.1 Å². The average molecular weight is 658 g/mol. The SMILES string of the molecule is COC(=O)N[C@H](C(=O)N[C@@H](Cc1ccccc1)[C@@H](O)CN(Cc1ccc(-c2ccccc2C#N)cc1)NC(=O)OC(C)(C)C)C(C)(C)C. The Bertz CT molecular complexity index is 1560. The van der Waals surface area contributed by atoms with Gasteiger partial charge in [0.2, 0.25) is 5.91 Å². The molecule has 11 heteroatoms. The minimum absolute atomic E-state index is 0.0827. The Hall–Kier alpha value is -4.92. The summed E-state index contributed by atoms with van der Waals surface area (Å²) in [6, 6.07) is 24.7. The summed E-state index contributed by atoms with van der Waals surface area (Å²) in [5.74, 6) is -0.493. The summed E-state index contributed by atoms with van der Waals surface area (Å²) in [4.78, 5) is 38.6. The van der Waals surface area contributed by atoms with E-state index in [0.717, 1.165) is 22.3 Å². The standard InChI is InChI=1S/C37H47N5O6/c1-36(2,3)32(40-34(45)47-7)33(44)39-30(21-25-13-9-8-10-14-25)31(43)24-42(41-35(46)48-37(4,5)6)23-26-17-19-27(20-18-26)29-16-12-11-15-28(29)22-38/h8-20,30-32,43H,21,23-24H2,1-7H3,(H,39,44)(H,40,45)(H,41,46)/t30-,31-,32+/m0/s1. The molecule has 0 bridgehead atoms. The molecule has 4 N–H and O–H groups in total. The Balaban J connectivity index is 1.89. The lowest BCUT2D eigenvalue weighted by molar-refractivity contribution is -0.127. The maximum atomic E-state index is 13.6. The molecule has 3 amide bonds. The summed E-state index contributed by atoms with van der Waals surface area (Å²) < 4.78 is 10.2. The van der Waals surface area contributed by atoms with Gasteiger partial charge in [-0.15, -0.1) is 0 Å². The van der Waals surface area contributed by atoms with E-state index in [1.807, 2.05) is 93.6 Å². The van der Waals surface area contributed by atoms with Crippen LogP contribution in [0.5, 0.6) is 0 Å². The fourth-order valence-corrected chi connectivity index (χ4v) is 5.04. The number of hydrazine groups is 1. The lowest BCUT2D eigenvalue weighted by atomic mass is 9.85. The van der Waals surface area contributed by atoms with E-state index in [2.05, 4.69) is 22.1 Å². The first-order valence-electron chi connectivity index (χ1n) is 15.8. The Morgan fingerprint density at radius 3 is 2.06 bits per heavy atom. The summed E-state index contributed by atoms with van der Waals surface area (Å²) in [7, 11) is 1.22. The third-order valence-electron chi connectivity index (χ3n) is 7.41. The summed E-state index contributed by atoms with van der Waals surface area (Å²) in [6.45, 7) is 10.8. The molecule has 0 fully saturated rings. The molecular weight excluding hydrogens is 610 g/mol. The molecule has 3 rings (SSSR count). The van der Waals surface area contributed by atoms with Gasteiger partial charge in [0.05, 0.1) is 30.9 Å². The van der Waals surface area contributed by atoms with Gasteiger partial charge in [-0.25, -0.2) is 14.6 Å². The monoisotopic (exact) mass is 657 g/mol. The second-order valence-corrected chi connectivity index (χ2v) is 13.7. The van der Waals surface area contributed by atoms with Crippen LogP contribution in [0.2, 0.25) is 0 Å². The minimum Gasteiger partial charge on any atom is -0.453 e. The number of amides is 3. The van der Waals surface area contributed by atoms with Crippen LogP contribution in [0.3, 0.4) is 0 Å². The molecule has 0 aliphatic heterocycles. The van der Waals surface area contributed by atoms with E-state index in [9.17, 15) is 24.8 Å². The van der Waals surface area contributed by atoms with Crippen molar-refractivity contribution < 1.29 is 29.0 Å². The molecule has 0 aliphatic carbocycles. The first-order chi connectivity index (χ1) is 22.6. The predicted octanol–water partition coefficient (Wildman–Crippen LogP) is 5.33. The number of rotatable bonds is 12. The van der Waals surface area contributed by atoms with Gasteiger partial charge in [0.1, 0.15) is 11.6 Å². The van der Waals surface area contributed by atoms with Gasteiger partial charge < -0.3 is 25.2 Å². The van der Waals surface area contributed by atoms with Crippen molar-refractivity contribution in [2.75, 3.05) is 13.7 Å². The van der Waals surface area contributed by atoms with E-state index >= 15 is 0 Å². The van der Waals surface area contributed by atoms with E-state index in [1.54, 1.807) is 26.8 Å². The van der Waals surface area contributed by atoms with Gasteiger partial charge >= 0.3 is 12.2 Å². The Kier molecular flexibility index (Phi) is 13.1. The summed E-state index contributed by atoms with van der Waals surface area (Å²) in [5, 5.41) is 28.3. The fraction of sp³-hybridized carbons (Fsp3) is 0.405. The molecule has 256 valence electrons. The zero-order valence-corrected chi connectivity index (χ0v) is 28.7. The van der Waals surface area contributed by atoms with Gasteiger partial charge in [-0.05, 0) is 60.9 Å². The van der Waals surface area contributed by atoms with Crippen molar-refractivity contribution in [2.45, 2.75) is 78.3 Å². The summed E-state index contributed by atoms with van der Waals surface area (Å²) >= 11 is 0. The van der Waals surface area contributed by atoms with Crippen molar-refractivity contribution in [1.29, 1.82) is 5.26 Å². The molecule has 0 unspecified atom stereocenters. The van der Waals surface area contributed by atoms with E-state index in [-0.39, 0.29) is 19.5 Å². The number of methoxy groups -OCH3 is 1. The third kappa shape index (κ3) is 11.7. The first kappa shape index (κ1) is 37.5. The van der Waals surface area contributed by atoms with Crippen molar-refractivity contribution in [3.63, 3.8) is 0 Å². The van der Waals surface area contributed by atoms with Crippen molar-refractivity contribution in [3.05, 3.63) is 95.6 Å². The van der Waals surface area contributed by atoms with E-state index < -0.39 is 47.3 Å². The van der Waals surface area contributed by atoms with E-state index in [0.29, 0.717) is 5.56 Å². The number of aliphatic hydroxyl groups excluding tert-OH is 1. The van der Waals surface area contributed by atoms with Crippen LogP contribution >= 0.6 is 0 Å². The lowest BCUT2D eigenvalue weighted by Crippen LogP contribution is -2.59. The molecule has 0 radical (unpaired) electrons. The molecule has 0 saturated carbocycles. The quantitative estimate of drug-likeness (QED) is 0.191. The maximum Gasteiger partial charge on any atom is 0.422 e. The van der Waals surface area contributed by atoms with Crippen LogP contribution < -0.4 is 16.1 Å². The zero-order valence-electron chi connectivity index (χ0n) is 28.7. The highest BCUT2D eigenvalue weighted by Crippen LogP contribution is 2.24. The minimum atomic E-state index is -1.18. The molecule has 3 aromatic rings. The van der Waals surface area contributed by atoms with E-state index in [4.69, 9.17) is 9.47 Å². The van der Waals surface area contributed by atoms with Crippen LogP contribution in [0.1, 0.15) is 58.2 Å². The third-order valence-corrected chi connectivity index (χ3v) is 7.41. The van der Waals surface area contributed by atoms with Gasteiger partial charge in [-0.3, -0.25) is 10.2 Å². The van der Waals surface area contributed by atoms with Crippen molar-refractivity contribution in [2.24, 2.45) is 5.41 Å². The molecule has 11 nitrogen and oxygen atoms in total. The number of ether oxygens (including phenoxy) is 2. The zero-order chi connectivity index (χ0) is 35.5. The highest BCUT2D eigenvalue weighted by Gasteiger charge is 2.36. The maximum absolute atomic E-state index is 13.6. The molecular formula is C37H47N5O6. The lowest BCUT2D eigenvalue weighted by Gasteiger charge is -2.34. The normalized spacial score (nSPS) is 13.4. The highest BCUT2D eigenvalue weighted by molar-refractivity contribution is 5.86. The number of carbonyl (C=O) groups is 3. The molecule has 48 heavy (non-hydrogen) atoms. The van der Waals surface area contributed by atoms with Crippen LogP contribution in [0, 0.1) is 16.7 Å². The second-order valence-electron chi connectivity index (χ2n) is 13.7. The van der Waals surface area contributed by atoms with Crippen LogP contribution in [0.4, 0.5) is 9.59 Å². The molecule has 3 aromatic carbocycles. The number of aliphatic hydroxyl groups is 1. The molecule has 0 aliphatic rings. The highest BCUT2D eigenvalue weighted by atomic mass is 16.6. The summed E-state index contributed by atoms with van der Waals surface area (Å²) in [5.41, 5.74) is 5.23. The second kappa shape index (κ2) is 16.8. The average Bonchev–Trinajstić information content (AvgIpc) is 3.02. The van der Waals surface area contributed by atoms with Gasteiger partial charge in [-0.2, -0.15) is 5.26 Å². The Morgan fingerprint density at radius 2 is 1.48 bits per heavy atom. The molecule has 0 aromatic heterocycles. The van der Waals surface area contributed by atoms with Crippen LogP contribution in [-0.2, 0) is 27.2 Å². The Labute approximate surface area is 283 Å². The summed E-state index contributed by atoms with van der Waals surface area (Å²) in [6.07, 6.45) is -2.35. The Morgan fingerprint density at radius 1 is 0.854 bits per heavy atom. The number of nitrogens with one attached hydrogen (secondary N) is 3. The largest absolute Gasteiger partial charge is 0.453 e. The van der Waals surface area contributed by atoms with E-state index in [1.165, 1.54) is 12.1 Å². The number of nitrogens with zero attached hydrogens (tertiary/aromatic N) is 2. The number of hydrogen-bond acceptors (Lipinski definition) is 8. The van der Waals surface area contributed by atoms with Crippen LogP contribution in [-0.4, -0.2) is 65.7 Å². The topological polar surface area (TPSA) is 153 Å². The van der Waals surface area contributed by atoms with Crippen molar-refractivity contribution in [3.8, 4) is 17.2 Å². The molecule has 0 heterocycles. The first-order valence-corrected chi connectivity index (χ1v) is 15.8. The number of benzene rings is 3. The molecule has 0 saturated heterocycles. The van der Waals surface area contributed by atoms with Gasteiger partial charge in [-0.1, -0.05) is 93.6 Å². The van der Waals surface area contributed by atoms with Crippen molar-refractivity contribution >= 4 is 18.1 Å². The van der Waals surface area contributed by atoms with Crippen molar-refractivity contribution in [1.82, 2.24) is 21.1 Å². The smallest absolute Gasteiger partial charge is 0.422 e. The number of hydrogen-bond donors (Lipinski definition) is 4. The number of alkyl carbamates (subject to hydrolysis) is 1. The number of carbonyl (C=O) groups excluding carboxylic acids is 3. The van der Waals surface area contributed by atoms with Gasteiger partial charge in [0, 0.05) is 13.1 Å². The van der Waals surface area contributed by atoms with Gasteiger partial charge in [0.25, 0.3) is 0 Å². The fourth-order valence-electron chi connectivity index (χ4n) is 5.04. The van der Waals surface area contributed by atoms with Gasteiger partial charge in [0.15, 0.2) is 0 Å². The predicted molar refractivity (Wildman–Crippen MR) is 183 cm³/mol. The molecule has 3 atom stereocenters. The molecule has 0 spiro atoms. The van der Waals surface area contributed by atoms with Crippen LogP contribution in [0.15, 0.2) is 78.9 Å². The number of nitriles is 1.